The van der Waals surface area contributed by atoms with Crippen molar-refractivity contribution in [2.45, 2.75) is 50.7 Å². The molecule has 7 heteroatoms. The summed E-state index contributed by atoms with van der Waals surface area (Å²) in [6.07, 6.45) is 5.80. The number of aliphatic hydroxyl groups excluding tert-OH is 1. The van der Waals surface area contributed by atoms with Crippen molar-refractivity contribution in [3.63, 3.8) is 0 Å². The number of hydrogen-bond acceptors (Lipinski definition) is 4. The van der Waals surface area contributed by atoms with Gasteiger partial charge in [0.1, 0.15) is 6.04 Å². The number of hydrogen-bond donors (Lipinski definition) is 3. The highest BCUT2D eigenvalue weighted by atomic mass is 16.4. The van der Waals surface area contributed by atoms with Gasteiger partial charge in [-0.2, -0.15) is 0 Å². The summed E-state index contributed by atoms with van der Waals surface area (Å²) in [4.78, 5) is 38.0. The van der Waals surface area contributed by atoms with E-state index in [4.69, 9.17) is 0 Å². The van der Waals surface area contributed by atoms with Crippen LogP contribution in [-0.4, -0.2) is 58.1 Å². The second kappa shape index (κ2) is 13.4. The molecule has 2 amide bonds. The minimum atomic E-state index is -1.19. The van der Waals surface area contributed by atoms with Crippen molar-refractivity contribution in [2.75, 3.05) is 13.1 Å². The number of aliphatic hydroxyl groups is 1. The Balaban J connectivity index is 1.77. The van der Waals surface area contributed by atoms with E-state index in [0.29, 0.717) is 24.6 Å². The van der Waals surface area contributed by atoms with E-state index < -0.39 is 24.0 Å². The van der Waals surface area contributed by atoms with Crippen LogP contribution < -0.4 is 5.32 Å². The number of amides is 2. The minimum Gasteiger partial charge on any atom is -0.480 e. The number of likely N-dealkylation sites (tertiary alicyclic amines) is 1. The van der Waals surface area contributed by atoms with Crippen LogP contribution in [0.2, 0.25) is 0 Å². The van der Waals surface area contributed by atoms with Crippen LogP contribution in [0.3, 0.4) is 0 Å². The normalized spacial score (nSPS) is 16.5. The summed E-state index contributed by atoms with van der Waals surface area (Å²) < 4.78 is 0. The molecule has 2 rings (SSSR count). The standard InChI is InChI=1S/C26H34N2O5/c1-3-8-19(4-2)16-23(26(32)33)27-24(30)17-22(29)18-25(31)28-13-11-21(12-14-28)15-20-9-6-5-7-10-20/h3-10,21-23,29H,1-2,11-18H2,(H,27,30)(H,32,33)/b19-8+. The van der Waals surface area contributed by atoms with Crippen LogP contribution in [0, 0.1) is 5.92 Å². The number of rotatable bonds is 12. The molecule has 0 spiro atoms. The number of allylic oxidation sites excluding steroid dienone is 3. The van der Waals surface area contributed by atoms with Crippen molar-refractivity contribution in [3.8, 4) is 0 Å². The van der Waals surface area contributed by atoms with Gasteiger partial charge in [-0.3, -0.25) is 9.59 Å². The van der Waals surface area contributed by atoms with Crippen LogP contribution in [-0.2, 0) is 20.8 Å². The molecule has 1 fully saturated rings. The number of carboxylic acid groups (broad SMARTS) is 1. The van der Waals surface area contributed by atoms with E-state index in [0.717, 1.165) is 19.3 Å². The lowest BCUT2D eigenvalue weighted by Gasteiger charge is -2.32. The third-order valence-electron chi connectivity index (χ3n) is 5.83. The molecule has 1 saturated heterocycles. The maximum Gasteiger partial charge on any atom is 0.326 e. The molecular weight excluding hydrogens is 420 g/mol. The van der Waals surface area contributed by atoms with Crippen molar-refractivity contribution in [2.24, 2.45) is 5.92 Å². The van der Waals surface area contributed by atoms with Crippen molar-refractivity contribution in [1.29, 1.82) is 0 Å². The number of nitrogens with zero attached hydrogens (tertiary/aromatic N) is 1. The average molecular weight is 455 g/mol. The van der Waals surface area contributed by atoms with Crippen molar-refractivity contribution >= 4 is 17.8 Å². The van der Waals surface area contributed by atoms with Crippen molar-refractivity contribution < 1.29 is 24.6 Å². The number of carbonyl (C=O) groups excluding carboxylic acids is 2. The van der Waals surface area contributed by atoms with E-state index in [1.807, 2.05) is 18.2 Å². The molecule has 1 aliphatic rings. The molecule has 1 aromatic rings. The summed E-state index contributed by atoms with van der Waals surface area (Å²) in [6.45, 7) is 8.45. The van der Waals surface area contributed by atoms with Crippen LogP contribution in [0.15, 0.2) is 67.3 Å². The third-order valence-corrected chi connectivity index (χ3v) is 5.83. The first-order valence-corrected chi connectivity index (χ1v) is 11.3. The SMILES string of the molecule is C=C/C=C(\C=C)CC(NC(=O)CC(O)CC(=O)N1CCC(Cc2ccccc2)CC1)C(=O)O. The lowest BCUT2D eigenvalue weighted by molar-refractivity contribution is -0.142. The van der Waals surface area contributed by atoms with Crippen molar-refractivity contribution in [1.82, 2.24) is 10.2 Å². The summed E-state index contributed by atoms with van der Waals surface area (Å²) in [5.74, 6) is -1.47. The number of nitrogens with one attached hydrogen (secondary N) is 1. The van der Waals surface area contributed by atoms with E-state index >= 15 is 0 Å². The molecule has 1 aromatic carbocycles. The summed E-state index contributed by atoms with van der Waals surface area (Å²) in [7, 11) is 0. The molecule has 2 atom stereocenters. The summed E-state index contributed by atoms with van der Waals surface area (Å²) in [5.41, 5.74) is 1.91. The van der Waals surface area contributed by atoms with Crippen LogP contribution in [0.1, 0.15) is 37.7 Å². The van der Waals surface area contributed by atoms with Gasteiger partial charge >= 0.3 is 5.97 Å². The number of carbonyl (C=O) groups is 3. The van der Waals surface area contributed by atoms with Gasteiger partial charge < -0.3 is 20.4 Å². The smallest absolute Gasteiger partial charge is 0.326 e. The Labute approximate surface area is 195 Å². The molecule has 7 nitrogen and oxygen atoms in total. The first-order valence-electron chi connectivity index (χ1n) is 11.3. The summed E-state index contributed by atoms with van der Waals surface area (Å²) >= 11 is 0. The summed E-state index contributed by atoms with van der Waals surface area (Å²) in [6, 6.07) is 9.12. The molecule has 0 radical (unpaired) electrons. The molecule has 2 unspecified atom stereocenters. The molecule has 0 aliphatic carbocycles. The van der Waals surface area contributed by atoms with E-state index in [2.05, 4.69) is 30.6 Å². The maximum atomic E-state index is 12.6. The largest absolute Gasteiger partial charge is 0.480 e. The molecular formula is C26H34N2O5. The van der Waals surface area contributed by atoms with Crippen LogP contribution in [0.4, 0.5) is 0 Å². The first-order chi connectivity index (χ1) is 15.8. The maximum absolute atomic E-state index is 12.6. The Bertz CT molecular complexity index is 857. The fraction of sp³-hybridized carbons (Fsp3) is 0.423. The number of carboxylic acids is 1. The highest BCUT2D eigenvalue weighted by Gasteiger charge is 2.26. The Hall–Kier alpha value is -3.19. The second-order valence-electron chi connectivity index (χ2n) is 8.42. The van der Waals surface area contributed by atoms with Gasteiger partial charge in [-0.05, 0) is 36.3 Å². The van der Waals surface area contributed by atoms with Crippen LogP contribution in [0.5, 0.6) is 0 Å². The molecule has 3 N–H and O–H groups in total. The average Bonchev–Trinajstić information content (AvgIpc) is 2.79. The highest BCUT2D eigenvalue weighted by Crippen LogP contribution is 2.22. The highest BCUT2D eigenvalue weighted by molar-refractivity contribution is 5.85. The predicted molar refractivity (Wildman–Crippen MR) is 127 cm³/mol. The zero-order valence-electron chi connectivity index (χ0n) is 19.0. The fourth-order valence-corrected chi connectivity index (χ4v) is 4.01. The third kappa shape index (κ3) is 9.06. The van der Waals surface area contributed by atoms with E-state index in [1.165, 1.54) is 17.7 Å². The topological polar surface area (TPSA) is 107 Å². The Morgan fingerprint density at radius 3 is 2.33 bits per heavy atom. The second-order valence-corrected chi connectivity index (χ2v) is 8.42. The molecule has 0 bridgehead atoms. The molecule has 0 saturated carbocycles. The van der Waals surface area contributed by atoms with Gasteiger partial charge in [0.2, 0.25) is 11.8 Å². The van der Waals surface area contributed by atoms with Gasteiger partial charge in [-0.1, -0.05) is 61.7 Å². The van der Waals surface area contributed by atoms with Gasteiger partial charge in [0, 0.05) is 19.5 Å². The molecule has 33 heavy (non-hydrogen) atoms. The number of aliphatic carboxylic acids is 1. The zero-order chi connectivity index (χ0) is 24.2. The van der Waals surface area contributed by atoms with E-state index in [1.54, 1.807) is 11.0 Å². The van der Waals surface area contributed by atoms with Gasteiger partial charge in [-0.25, -0.2) is 4.79 Å². The molecule has 0 aromatic heterocycles. The number of piperidine rings is 1. The molecule has 178 valence electrons. The Kier molecular flexibility index (Phi) is 10.6. The summed E-state index contributed by atoms with van der Waals surface area (Å²) in [5, 5.41) is 22.0. The lowest BCUT2D eigenvalue weighted by Crippen LogP contribution is -2.43. The van der Waals surface area contributed by atoms with Gasteiger partial charge in [0.25, 0.3) is 0 Å². The molecule has 1 aliphatic heterocycles. The molecule has 1 heterocycles. The zero-order valence-corrected chi connectivity index (χ0v) is 19.0. The lowest BCUT2D eigenvalue weighted by atomic mass is 9.90. The first kappa shape index (κ1) is 26.1. The quantitative estimate of drug-likeness (QED) is 0.421. The van der Waals surface area contributed by atoms with E-state index in [-0.39, 0.29) is 25.2 Å². The predicted octanol–water partition coefficient (Wildman–Crippen LogP) is 2.87. The monoisotopic (exact) mass is 454 g/mol. The van der Waals surface area contributed by atoms with E-state index in [9.17, 15) is 24.6 Å². The minimum absolute atomic E-state index is 0.0452. The Morgan fingerprint density at radius 1 is 1.09 bits per heavy atom. The van der Waals surface area contributed by atoms with Crippen molar-refractivity contribution in [3.05, 3.63) is 72.9 Å². The van der Waals surface area contributed by atoms with Gasteiger partial charge in [-0.15, -0.1) is 0 Å². The van der Waals surface area contributed by atoms with Gasteiger partial charge in [0.15, 0.2) is 0 Å². The Morgan fingerprint density at radius 2 is 1.76 bits per heavy atom. The van der Waals surface area contributed by atoms with Gasteiger partial charge in [0.05, 0.1) is 18.9 Å². The fourth-order valence-electron chi connectivity index (χ4n) is 4.01. The van der Waals surface area contributed by atoms with Crippen LogP contribution >= 0.6 is 0 Å². The number of benzene rings is 1. The van der Waals surface area contributed by atoms with Crippen LogP contribution in [0.25, 0.3) is 0 Å².